The van der Waals surface area contributed by atoms with Gasteiger partial charge in [-0.1, -0.05) is 36.6 Å². The van der Waals surface area contributed by atoms with Crippen LogP contribution in [-0.2, 0) is 0 Å². The van der Waals surface area contributed by atoms with Crippen LogP contribution in [0.15, 0.2) is 24.3 Å². The van der Waals surface area contributed by atoms with Gasteiger partial charge < -0.3 is 10.2 Å². The van der Waals surface area contributed by atoms with Crippen LogP contribution in [0.3, 0.4) is 0 Å². The van der Waals surface area contributed by atoms with Gasteiger partial charge in [0.05, 0.1) is 0 Å². The standard InChI is InChI=1S/C16H25ClN2/c1-14(15-7-6-8-16(17)13-15)18-9-12-19-10-4-2-3-5-11-19/h6-8,13-14,18H,2-5,9-12H2,1H3. The van der Waals surface area contributed by atoms with Gasteiger partial charge in [-0.05, 0) is 50.6 Å². The molecule has 0 aromatic heterocycles. The van der Waals surface area contributed by atoms with Crippen LogP contribution >= 0.6 is 11.6 Å². The molecule has 106 valence electrons. The van der Waals surface area contributed by atoms with E-state index < -0.39 is 0 Å². The molecule has 0 radical (unpaired) electrons. The second-order valence-electron chi connectivity index (χ2n) is 5.49. The van der Waals surface area contributed by atoms with Gasteiger partial charge in [0.25, 0.3) is 0 Å². The van der Waals surface area contributed by atoms with E-state index >= 15 is 0 Å². The third kappa shape index (κ3) is 5.13. The van der Waals surface area contributed by atoms with Crippen molar-refractivity contribution in [3.05, 3.63) is 34.9 Å². The average molecular weight is 281 g/mol. The maximum absolute atomic E-state index is 6.03. The highest BCUT2D eigenvalue weighted by Crippen LogP contribution is 2.17. The minimum absolute atomic E-state index is 0.366. The molecule has 1 heterocycles. The van der Waals surface area contributed by atoms with Crippen LogP contribution in [0.1, 0.15) is 44.2 Å². The van der Waals surface area contributed by atoms with E-state index in [4.69, 9.17) is 11.6 Å². The molecule has 3 heteroatoms. The lowest BCUT2D eigenvalue weighted by atomic mass is 10.1. The van der Waals surface area contributed by atoms with Crippen LogP contribution in [0, 0.1) is 0 Å². The fraction of sp³-hybridized carbons (Fsp3) is 0.625. The second-order valence-corrected chi connectivity index (χ2v) is 5.92. The molecule has 1 aromatic rings. The van der Waals surface area contributed by atoms with E-state index in [1.165, 1.54) is 44.3 Å². The summed E-state index contributed by atoms with van der Waals surface area (Å²) in [5, 5.41) is 4.41. The monoisotopic (exact) mass is 280 g/mol. The lowest BCUT2D eigenvalue weighted by molar-refractivity contribution is 0.280. The summed E-state index contributed by atoms with van der Waals surface area (Å²) in [6, 6.07) is 8.49. The average Bonchev–Trinajstić information content (AvgIpc) is 2.67. The highest BCUT2D eigenvalue weighted by atomic mass is 35.5. The highest BCUT2D eigenvalue weighted by molar-refractivity contribution is 6.30. The Kier molecular flexibility index (Phi) is 6.15. The van der Waals surface area contributed by atoms with E-state index in [0.717, 1.165) is 18.1 Å². The van der Waals surface area contributed by atoms with Crippen LogP contribution in [0.25, 0.3) is 0 Å². The summed E-state index contributed by atoms with van der Waals surface area (Å²) in [7, 11) is 0. The number of hydrogen-bond acceptors (Lipinski definition) is 2. The summed E-state index contributed by atoms with van der Waals surface area (Å²) in [6.07, 6.45) is 5.54. The molecule has 1 N–H and O–H groups in total. The molecule has 1 atom stereocenters. The van der Waals surface area contributed by atoms with Gasteiger partial charge in [0.2, 0.25) is 0 Å². The first-order valence-electron chi connectivity index (χ1n) is 7.47. The SMILES string of the molecule is CC(NCCN1CCCCCC1)c1cccc(Cl)c1. The van der Waals surface area contributed by atoms with Crippen molar-refractivity contribution in [1.29, 1.82) is 0 Å². The second kappa shape index (κ2) is 7.88. The lowest BCUT2D eigenvalue weighted by Crippen LogP contribution is -2.33. The smallest absolute Gasteiger partial charge is 0.0409 e. The molecule has 2 nitrogen and oxygen atoms in total. The number of nitrogens with one attached hydrogen (secondary N) is 1. The molecule has 0 bridgehead atoms. The fourth-order valence-electron chi connectivity index (χ4n) is 2.69. The molecule has 1 aliphatic heterocycles. The van der Waals surface area contributed by atoms with Gasteiger partial charge in [0.1, 0.15) is 0 Å². The van der Waals surface area contributed by atoms with Crippen molar-refractivity contribution in [2.45, 2.75) is 38.6 Å². The summed E-state index contributed by atoms with van der Waals surface area (Å²) in [5.74, 6) is 0. The van der Waals surface area contributed by atoms with E-state index in [1.807, 2.05) is 18.2 Å². The lowest BCUT2D eigenvalue weighted by Gasteiger charge is -2.21. The Bertz CT molecular complexity index is 373. The van der Waals surface area contributed by atoms with Crippen molar-refractivity contribution in [1.82, 2.24) is 10.2 Å². The Labute approximate surface area is 122 Å². The van der Waals surface area contributed by atoms with Crippen molar-refractivity contribution in [2.75, 3.05) is 26.2 Å². The molecule has 0 aliphatic carbocycles. The maximum Gasteiger partial charge on any atom is 0.0409 e. The van der Waals surface area contributed by atoms with Crippen molar-refractivity contribution in [2.24, 2.45) is 0 Å². The van der Waals surface area contributed by atoms with Crippen molar-refractivity contribution in [3.63, 3.8) is 0 Å². The third-order valence-corrected chi connectivity index (χ3v) is 4.16. The molecule has 1 aliphatic rings. The fourth-order valence-corrected chi connectivity index (χ4v) is 2.89. The number of rotatable bonds is 5. The minimum atomic E-state index is 0.366. The third-order valence-electron chi connectivity index (χ3n) is 3.93. The molecular weight excluding hydrogens is 256 g/mol. The van der Waals surface area contributed by atoms with Crippen LogP contribution < -0.4 is 5.32 Å². The topological polar surface area (TPSA) is 15.3 Å². The van der Waals surface area contributed by atoms with E-state index in [-0.39, 0.29) is 0 Å². The van der Waals surface area contributed by atoms with Gasteiger partial charge >= 0.3 is 0 Å². The Morgan fingerprint density at radius 3 is 2.63 bits per heavy atom. The number of likely N-dealkylation sites (tertiary alicyclic amines) is 1. The van der Waals surface area contributed by atoms with Crippen LogP contribution in [-0.4, -0.2) is 31.1 Å². The number of nitrogens with zero attached hydrogens (tertiary/aromatic N) is 1. The first-order valence-corrected chi connectivity index (χ1v) is 7.85. The molecular formula is C16H25ClN2. The van der Waals surface area contributed by atoms with Crippen LogP contribution in [0.5, 0.6) is 0 Å². The van der Waals surface area contributed by atoms with Gasteiger partial charge in [-0.15, -0.1) is 0 Å². The van der Waals surface area contributed by atoms with Gasteiger partial charge in [-0.3, -0.25) is 0 Å². The molecule has 2 rings (SSSR count). The molecule has 1 fully saturated rings. The molecule has 1 saturated heterocycles. The number of benzene rings is 1. The zero-order chi connectivity index (χ0) is 13.5. The van der Waals surface area contributed by atoms with Gasteiger partial charge in [0, 0.05) is 24.2 Å². The molecule has 0 spiro atoms. The predicted molar refractivity (Wildman–Crippen MR) is 82.8 cm³/mol. The predicted octanol–water partition coefficient (Wildman–Crippen LogP) is 3.87. The summed E-state index contributed by atoms with van der Waals surface area (Å²) < 4.78 is 0. The van der Waals surface area contributed by atoms with Gasteiger partial charge in [0.15, 0.2) is 0 Å². The highest BCUT2D eigenvalue weighted by Gasteiger charge is 2.09. The Hall–Kier alpha value is -0.570. The van der Waals surface area contributed by atoms with E-state index in [9.17, 15) is 0 Å². The minimum Gasteiger partial charge on any atom is -0.309 e. The number of halogens is 1. The molecule has 19 heavy (non-hydrogen) atoms. The Balaban J connectivity index is 1.72. The van der Waals surface area contributed by atoms with Crippen LogP contribution in [0.4, 0.5) is 0 Å². The van der Waals surface area contributed by atoms with E-state index in [0.29, 0.717) is 6.04 Å². The van der Waals surface area contributed by atoms with E-state index in [2.05, 4.69) is 23.2 Å². The van der Waals surface area contributed by atoms with Gasteiger partial charge in [-0.25, -0.2) is 0 Å². The van der Waals surface area contributed by atoms with E-state index in [1.54, 1.807) is 0 Å². The first kappa shape index (κ1) is 14.8. The Morgan fingerprint density at radius 2 is 1.95 bits per heavy atom. The van der Waals surface area contributed by atoms with Crippen molar-refractivity contribution < 1.29 is 0 Å². The zero-order valence-corrected chi connectivity index (χ0v) is 12.6. The zero-order valence-electron chi connectivity index (χ0n) is 11.9. The normalized spacial score (nSPS) is 19.1. The quantitative estimate of drug-likeness (QED) is 0.881. The first-order chi connectivity index (χ1) is 9.25. The Morgan fingerprint density at radius 1 is 1.21 bits per heavy atom. The molecule has 1 aromatic carbocycles. The van der Waals surface area contributed by atoms with Gasteiger partial charge in [-0.2, -0.15) is 0 Å². The number of hydrogen-bond donors (Lipinski definition) is 1. The summed E-state index contributed by atoms with van der Waals surface area (Å²) in [6.45, 7) is 6.95. The maximum atomic E-state index is 6.03. The summed E-state index contributed by atoms with van der Waals surface area (Å²) in [4.78, 5) is 2.59. The summed E-state index contributed by atoms with van der Waals surface area (Å²) in [5.41, 5.74) is 1.27. The van der Waals surface area contributed by atoms with Crippen LogP contribution in [0.2, 0.25) is 5.02 Å². The van der Waals surface area contributed by atoms with Crippen molar-refractivity contribution >= 4 is 11.6 Å². The molecule has 0 amide bonds. The largest absolute Gasteiger partial charge is 0.309 e. The molecule has 0 saturated carbocycles. The summed E-state index contributed by atoms with van der Waals surface area (Å²) >= 11 is 6.03. The van der Waals surface area contributed by atoms with Crippen molar-refractivity contribution in [3.8, 4) is 0 Å². The molecule has 1 unspecified atom stereocenters.